The van der Waals surface area contributed by atoms with Gasteiger partial charge in [0.15, 0.2) is 5.69 Å². The Hall–Kier alpha value is -2.60. The van der Waals surface area contributed by atoms with E-state index >= 15 is 0 Å². The third-order valence-electron chi connectivity index (χ3n) is 4.97. The number of aromatic nitrogens is 2. The summed E-state index contributed by atoms with van der Waals surface area (Å²) in [4.78, 5) is 17.6. The fourth-order valence-electron chi connectivity index (χ4n) is 3.39. The van der Waals surface area contributed by atoms with Crippen LogP contribution in [0.3, 0.4) is 0 Å². The molecule has 0 saturated carbocycles. The maximum atomic E-state index is 13.2. The van der Waals surface area contributed by atoms with Crippen molar-refractivity contribution in [2.24, 2.45) is 0 Å². The van der Waals surface area contributed by atoms with E-state index < -0.39 is 29.4 Å². The Morgan fingerprint density at radius 2 is 1.77 bits per heavy atom. The first kappa shape index (κ1) is 23.1. The molecular weight excluding hydrogens is 430 g/mol. The van der Waals surface area contributed by atoms with E-state index in [1.165, 1.54) is 14.2 Å². The van der Waals surface area contributed by atoms with Crippen LogP contribution >= 0.6 is 0 Å². The molecular formula is C19H20F6N4O2. The molecule has 0 fully saturated rings. The van der Waals surface area contributed by atoms with Gasteiger partial charge >= 0.3 is 12.4 Å². The third-order valence-corrected chi connectivity index (χ3v) is 4.97. The van der Waals surface area contributed by atoms with Gasteiger partial charge in [-0.05, 0) is 36.7 Å². The number of hydroxylamine groups is 2. The summed E-state index contributed by atoms with van der Waals surface area (Å²) in [5.41, 5.74) is -2.32. The number of halogens is 6. The zero-order valence-electron chi connectivity index (χ0n) is 16.7. The molecule has 2 heterocycles. The molecule has 0 aliphatic carbocycles. The number of hydrogen-bond acceptors (Lipinski definition) is 4. The van der Waals surface area contributed by atoms with Gasteiger partial charge in [0.1, 0.15) is 0 Å². The first-order chi connectivity index (χ1) is 14.4. The Kier molecular flexibility index (Phi) is 6.33. The summed E-state index contributed by atoms with van der Waals surface area (Å²) in [6.07, 6.45) is -9.54. The molecule has 0 bridgehead atoms. The third kappa shape index (κ3) is 5.01. The van der Waals surface area contributed by atoms with E-state index in [-0.39, 0.29) is 35.9 Å². The smallest absolute Gasteiger partial charge is 0.311 e. The number of carbonyl (C=O) groups excluding carboxylic acids is 1. The van der Waals surface area contributed by atoms with E-state index in [0.717, 1.165) is 5.06 Å². The Balaban J connectivity index is 2.13. The fraction of sp³-hybridized carbons (Fsp3) is 0.474. The normalized spacial score (nSPS) is 14.8. The van der Waals surface area contributed by atoms with Crippen LogP contribution in [0.5, 0.6) is 0 Å². The highest BCUT2D eigenvalue weighted by Crippen LogP contribution is 2.37. The number of nitrogens with zero attached hydrogens (tertiary/aromatic N) is 3. The molecule has 0 spiro atoms. The van der Waals surface area contributed by atoms with E-state index in [1.54, 1.807) is 4.68 Å². The van der Waals surface area contributed by atoms with Crippen LogP contribution in [0.4, 0.5) is 26.3 Å². The number of amides is 1. The van der Waals surface area contributed by atoms with Gasteiger partial charge < -0.3 is 5.32 Å². The van der Waals surface area contributed by atoms with Crippen molar-refractivity contribution < 1.29 is 36.0 Å². The SMILES string of the molecule is CON(C)C(=O)c1nn2c(c1Cc1cc(C(F)(F)F)cc(C(F)(F)F)c1)CNCCC2. The molecule has 1 amide bonds. The van der Waals surface area contributed by atoms with Crippen molar-refractivity contribution in [1.29, 1.82) is 0 Å². The second kappa shape index (κ2) is 8.50. The molecule has 1 aliphatic heterocycles. The lowest BCUT2D eigenvalue weighted by Gasteiger charge is -2.16. The predicted molar refractivity (Wildman–Crippen MR) is 96.9 cm³/mol. The number of rotatable bonds is 4. The lowest BCUT2D eigenvalue weighted by Crippen LogP contribution is -2.27. The van der Waals surface area contributed by atoms with Gasteiger partial charge in [0.05, 0.1) is 23.9 Å². The molecule has 1 aromatic heterocycles. The minimum atomic E-state index is -4.96. The van der Waals surface area contributed by atoms with Crippen molar-refractivity contribution in [3.8, 4) is 0 Å². The molecule has 1 N–H and O–H groups in total. The van der Waals surface area contributed by atoms with Gasteiger partial charge in [0, 0.05) is 32.1 Å². The highest BCUT2D eigenvalue weighted by Gasteiger charge is 2.37. The molecule has 170 valence electrons. The quantitative estimate of drug-likeness (QED) is 0.571. The van der Waals surface area contributed by atoms with E-state index in [1.807, 2.05) is 0 Å². The largest absolute Gasteiger partial charge is 0.416 e. The minimum absolute atomic E-state index is 0.0750. The predicted octanol–water partition coefficient (Wildman–Crippen LogP) is 3.64. The molecule has 31 heavy (non-hydrogen) atoms. The molecule has 0 atom stereocenters. The average molecular weight is 450 g/mol. The van der Waals surface area contributed by atoms with Crippen molar-refractivity contribution in [2.45, 2.75) is 38.3 Å². The van der Waals surface area contributed by atoms with Crippen LogP contribution in [-0.4, -0.2) is 41.5 Å². The Morgan fingerprint density at radius 3 is 2.32 bits per heavy atom. The number of fused-ring (bicyclic) bond motifs is 1. The van der Waals surface area contributed by atoms with Crippen LogP contribution in [0, 0.1) is 0 Å². The maximum Gasteiger partial charge on any atom is 0.416 e. The number of nitrogens with one attached hydrogen (secondary N) is 1. The molecule has 1 aromatic carbocycles. The number of carbonyl (C=O) groups is 1. The van der Waals surface area contributed by atoms with Crippen LogP contribution in [0.15, 0.2) is 18.2 Å². The first-order valence-corrected chi connectivity index (χ1v) is 9.31. The van der Waals surface area contributed by atoms with Gasteiger partial charge in [0.25, 0.3) is 5.91 Å². The second-order valence-electron chi connectivity index (χ2n) is 7.10. The van der Waals surface area contributed by atoms with Gasteiger partial charge in [0.2, 0.25) is 0 Å². The lowest BCUT2D eigenvalue weighted by atomic mass is 9.97. The van der Waals surface area contributed by atoms with Gasteiger partial charge in [-0.2, -0.15) is 31.4 Å². The van der Waals surface area contributed by atoms with Gasteiger partial charge in [-0.15, -0.1) is 0 Å². The van der Waals surface area contributed by atoms with Crippen LogP contribution in [0.2, 0.25) is 0 Å². The average Bonchev–Trinajstić information content (AvgIpc) is 2.86. The number of hydrogen-bond donors (Lipinski definition) is 1. The van der Waals surface area contributed by atoms with E-state index in [2.05, 4.69) is 10.4 Å². The van der Waals surface area contributed by atoms with Gasteiger partial charge in [-0.3, -0.25) is 14.3 Å². The summed E-state index contributed by atoms with van der Waals surface area (Å²) in [5.74, 6) is -0.652. The molecule has 0 unspecified atom stereocenters. The van der Waals surface area contributed by atoms with E-state index in [4.69, 9.17) is 4.84 Å². The maximum absolute atomic E-state index is 13.2. The van der Waals surface area contributed by atoms with Gasteiger partial charge in [-0.25, -0.2) is 5.06 Å². The van der Waals surface area contributed by atoms with E-state index in [0.29, 0.717) is 37.3 Å². The Labute approximate surface area is 173 Å². The number of aryl methyl sites for hydroxylation is 1. The zero-order valence-corrected chi connectivity index (χ0v) is 16.7. The molecule has 2 aromatic rings. The van der Waals surface area contributed by atoms with Crippen molar-refractivity contribution in [3.05, 3.63) is 51.8 Å². The monoisotopic (exact) mass is 450 g/mol. The molecule has 0 saturated heterocycles. The standard InChI is InChI=1S/C19H20F6N4O2/c1-28(31-2)17(30)16-14(15-10-26-4-3-5-29(15)27-16)8-11-6-12(18(20,21)22)9-13(7-11)19(23,24)25/h6-7,9,26H,3-5,8,10H2,1-2H3. The summed E-state index contributed by atoms with van der Waals surface area (Å²) in [6, 6.07) is 1.41. The second-order valence-corrected chi connectivity index (χ2v) is 7.10. The molecule has 1 aliphatic rings. The topological polar surface area (TPSA) is 59.4 Å². The zero-order chi connectivity index (χ0) is 23.0. The van der Waals surface area contributed by atoms with Crippen molar-refractivity contribution in [1.82, 2.24) is 20.2 Å². The highest BCUT2D eigenvalue weighted by atomic mass is 19.4. The van der Waals surface area contributed by atoms with Crippen molar-refractivity contribution in [3.63, 3.8) is 0 Å². The summed E-state index contributed by atoms with van der Waals surface area (Å²) in [7, 11) is 2.59. The summed E-state index contributed by atoms with van der Waals surface area (Å²) >= 11 is 0. The summed E-state index contributed by atoms with van der Waals surface area (Å²) in [6.45, 7) is 1.39. The van der Waals surface area contributed by atoms with Crippen LogP contribution in [0.1, 0.15) is 44.9 Å². The fourth-order valence-corrected chi connectivity index (χ4v) is 3.39. The van der Waals surface area contributed by atoms with Crippen molar-refractivity contribution >= 4 is 5.91 Å². The minimum Gasteiger partial charge on any atom is -0.311 e. The molecule has 0 radical (unpaired) electrons. The van der Waals surface area contributed by atoms with Crippen molar-refractivity contribution in [2.75, 3.05) is 20.7 Å². The Bertz CT molecular complexity index is 935. The van der Waals surface area contributed by atoms with Crippen LogP contribution < -0.4 is 5.32 Å². The molecule has 6 nitrogen and oxygen atoms in total. The van der Waals surface area contributed by atoms with E-state index in [9.17, 15) is 31.1 Å². The molecule has 3 rings (SSSR count). The Morgan fingerprint density at radius 1 is 1.16 bits per heavy atom. The van der Waals surface area contributed by atoms with Gasteiger partial charge in [-0.1, -0.05) is 0 Å². The van der Waals surface area contributed by atoms with Crippen LogP contribution in [-0.2, 0) is 36.7 Å². The molecule has 12 heteroatoms. The first-order valence-electron chi connectivity index (χ1n) is 9.31. The number of alkyl halides is 6. The number of benzene rings is 1. The van der Waals surface area contributed by atoms with Crippen LogP contribution in [0.25, 0.3) is 0 Å². The summed E-state index contributed by atoms with van der Waals surface area (Å²) in [5, 5.41) is 8.29. The lowest BCUT2D eigenvalue weighted by molar-refractivity contribution is -0.143. The summed E-state index contributed by atoms with van der Waals surface area (Å²) < 4.78 is 80.9. The highest BCUT2D eigenvalue weighted by molar-refractivity contribution is 5.93.